The van der Waals surface area contributed by atoms with Gasteiger partial charge in [-0.15, -0.1) is 0 Å². The number of methoxy groups -OCH3 is 1. The van der Waals surface area contributed by atoms with Crippen molar-refractivity contribution in [2.45, 2.75) is 25.9 Å². The van der Waals surface area contributed by atoms with Crippen molar-refractivity contribution in [3.8, 4) is 0 Å². The Hall–Kier alpha value is -1.43. The Bertz CT molecular complexity index is 299. The summed E-state index contributed by atoms with van der Waals surface area (Å²) in [6.07, 6.45) is 3.02. The van der Waals surface area contributed by atoms with Crippen LogP contribution in [0.15, 0.2) is 12.7 Å². The molecule has 0 aromatic carbocycles. The monoisotopic (exact) mass is 212 g/mol. The van der Waals surface area contributed by atoms with Crippen LogP contribution in [0.4, 0.5) is 0 Å². The number of nitrogens with zero attached hydrogens (tertiary/aromatic N) is 3. The first-order valence-corrected chi connectivity index (χ1v) is 4.86. The van der Waals surface area contributed by atoms with Crippen molar-refractivity contribution in [1.82, 2.24) is 20.1 Å². The van der Waals surface area contributed by atoms with Crippen molar-refractivity contribution >= 4 is 5.97 Å². The van der Waals surface area contributed by atoms with Crippen LogP contribution in [-0.2, 0) is 9.53 Å². The Morgan fingerprint density at radius 1 is 1.67 bits per heavy atom. The zero-order valence-electron chi connectivity index (χ0n) is 9.17. The SMILES string of the molecule is CCNC(C(=O)OC)C(C)n1cncn1. The lowest BCUT2D eigenvalue weighted by Gasteiger charge is -2.22. The fourth-order valence-electron chi connectivity index (χ4n) is 1.38. The lowest BCUT2D eigenvalue weighted by atomic mass is 10.1. The average molecular weight is 212 g/mol. The fraction of sp³-hybridized carbons (Fsp3) is 0.667. The van der Waals surface area contributed by atoms with Crippen LogP contribution < -0.4 is 5.32 Å². The van der Waals surface area contributed by atoms with Crippen LogP contribution in [0.2, 0.25) is 0 Å². The zero-order chi connectivity index (χ0) is 11.3. The van der Waals surface area contributed by atoms with Gasteiger partial charge in [-0.05, 0) is 13.5 Å². The average Bonchev–Trinajstić information content (AvgIpc) is 2.77. The van der Waals surface area contributed by atoms with Crippen LogP contribution >= 0.6 is 0 Å². The summed E-state index contributed by atoms with van der Waals surface area (Å²) in [7, 11) is 1.38. The first kappa shape index (κ1) is 11.6. The molecule has 1 N–H and O–H groups in total. The number of esters is 1. The topological polar surface area (TPSA) is 69.0 Å². The molecule has 0 radical (unpaired) electrons. The van der Waals surface area contributed by atoms with Gasteiger partial charge in [0.25, 0.3) is 0 Å². The number of likely N-dealkylation sites (N-methyl/N-ethyl adjacent to an activating group) is 1. The predicted molar refractivity (Wildman–Crippen MR) is 54.2 cm³/mol. The van der Waals surface area contributed by atoms with Crippen molar-refractivity contribution in [2.24, 2.45) is 0 Å². The maximum Gasteiger partial charge on any atom is 0.325 e. The van der Waals surface area contributed by atoms with Gasteiger partial charge in [-0.3, -0.25) is 4.79 Å². The maximum absolute atomic E-state index is 11.5. The standard InChI is InChI=1S/C9H16N4O2/c1-4-11-8(9(14)15-3)7(2)13-6-10-5-12-13/h5-8,11H,4H2,1-3H3. The van der Waals surface area contributed by atoms with Gasteiger partial charge in [-0.2, -0.15) is 5.10 Å². The minimum atomic E-state index is -0.401. The molecule has 0 fully saturated rings. The first-order chi connectivity index (χ1) is 7.20. The summed E-state index contributed by atoms with van der Waals surface area (Å²) in [5, 5.41) is 7.05. The molecule has 1 aromatic heterocycles. The number of rotatable bonds is 5. The van der Waals surface area contributed by atoms with Crippen LogP contribution in [0.25, 0.3) is 0 Å². The quantitative estimate of drug-likeness (QED) is 0.695. The van der Waals surface area contributed by atoms with Gasteiger partial charge in [-0.1, -0.05) is 6.92 Å². The van der Waals surface area contributed by atoms with Crippen molar-refractivity contribution in [2.75, 3.05) is 13.7 Å². The predicted octanol–water partition coefficient (Wildman–Crippen LogP) is -0.00980. The fourth-order valence-corrected chi connectivity index (χ4v) is 1.38. The van der Waals surface area contributed by atoms with E-state index in [-0.39, 0.29) is 12.0 Å². The van der Waals surface area contributed by atoms with E-state index in [4.69, 9.17) is 4.74 Å². The van der Waals surface area contributed by atoms with Gasteiger partial charge < -0.3 is 10.1 Å². The number of carbonyl (C=O) groups excluding carboxylic acids is 1. The summed E-state index contributed by atoms with van der Waals surface area (Å²) in [6.45, 7) is 4.52. The molecule has 0 saturated carbocycles. The first-order valence-electron chi connectivity index (χ1n) is 4.86. The van der Waals surface area contributed by atoms with Crippen LogP contribution in [0.1, 0.15) is 19.9 Å². The normalized spacial score (nSPS) is 14.6. The largest absolute Gasteiger partial charge is 0.468 e. The molecule has 1 rings (SSSR count). The summed E-state index contributed by atoms with van der Waals surface area (Å²) in [5.74, 6) is -0.292. The lowest BCUT2D eigenvalue weighted by molar-refractivity contribution is -0.144. The number of hydrogen-bond donors (Lipinski definition) is 1. The molecule has 0 spiro atoms. The van der Waals surface area contributed by atoms with E-state index in [1.807, 2.05) is 13.8 Å². The molecule has 0 bridgehead atoms. The Morgan fingerprint density at radius 3 is 2.87 bits per heavy atom. The third kappa shape index (κ3) is 2.76. The molecule has 6 nitrogen and oxygen atoms in total. The van der Waals surface area contributed by atoms with E-state index in [2.05, 4.69) is 15.4 Å². The highest BCUT2D eigenvalue weighted by Gasteiger charge is 2.26. The van der Waals surface area contributed by atoms with Gasteiger partial charge in [0.2, 0.25) is 0 Å². The van der Waals surface area contributed by atoms with Crippen molar-refractivity contribution in [3.63, 3.8) is 0 Å². The van der Waals surface area contributed by atoms with E-state index in [0.717, 1.165) is 0 Å². The molecule has 0 aliphatic heterocycles. The Kier molecular flexibility index (Phi) is 4.23. The highest BCUT2D eigenvalue weighted by atomic mass is 16.5. The lowest BCUT2D eigenvalue weighted by Crippen LogP contribution is -2.43. The highest BCUT2D eigenvalue weighted by Crippen LogP contribution is 2.09. The van der Waals surface area contributed by atoms with E-state index in [1.54, 1.807) is 11.0 Å². The molecule has 2 atom stereocenters. The molecular formula is C9H16N4O2. The smallest absolute Gasteiger partial charge is 0.325 e. The summed E-state index contributed by atoms with van der Waals surface area (Å²) in [4.78, 5) is 15.3. The summed E-state index contributed by atoms with van der Waals surface area (Å²) < 4.78 is 6.35. The molecule has 1 aromatic rings. The van der Waals surface area contributed by atoms with Crippen molar-refractivity contribution < 1.29 is 9.53 Å². The van der Waals surface area contributed by atoms with E-state index in [1.165, 1.54) is 13.4 Å². The van der Waals surface area contributed by atoms with Crippen LogP contribution in [0.3, 0.4) is 0 Å². The van der Waals surface area contributed by atoms with Gasteiger partial charge in [0, 0.05) is 0 Å². The number of nitrogens with one attached hydrogen (secondary N) is 1. The second kappa shape index (κ2) is 5.45. The molecular weight excluding hydrogens is 196 g/mol. The van der Waals surface area contributed by atoms with E-state index >= 15 is 0 Å². The summed E-state index contributed by atoms with van der Waals surface area (Å²) >= 11 is 0. The molecule has 0 saturated heterocycles. The van der Waals surface area contributed by atoms with Crippen LogP contribution in [0.5, 0.6) is 0 Å². The Balaban J connectivity index is 2.75. The maximum atomic E-state index is 11.5. The van der Waals surface area contributed by atoms with E-state index in [9.17, 15) is 4.79 Å². The van der Waals surface area contributed by atoms with Crippen molar-refractivity contribution in [1.29, 1.82) is 0 Å². The van der Waals surface area contributed by atoms with Gasteiger partial charge in [-0.25, -0.2) is 9.67 Å². The number of aromatic nitrogens is 3. The number of hydrogen-bond acceptors (Lipinski definition) is 5. The minimum absolute atomic E-state index is 0.125. The zero-order valence-corrected chi connectivity index (χ0v) is 9.17. The number of carbonyl (C=O) groups is 1. The van der Waals surface area contributed by atoms with Gasteiger partial charge in [0.1, 0.15) is 18.7 Å². The van der Waals surface area contributed by atoms with Crippen LogP contribution in [0, 0.1) is 0 Å². The molecule has 1 heterocycles. The third-order valence-corrected chi connectivity index (χ3v) is 2.22. The van der Waals surface area contributed by atoms with Gasteiger partial charge >= 0.3 is 5.97 Å². The Morgan fingerprint density at radius 2 is 2.40 bits per heavy atom. The molecule has 0 aliphatic carbocycles. The second-order valence-electron chi connectivity index (χ2n) is 3.17. The van der Waals surface area contributed by atoms with E-state index in [0.29, 0.717) is 6.54 Å². The van der Waals surface area contributed by atoms with E-state index < -0.39 is 6.04 Å². The van der Waals surface area contributed by atoms with Crippen LogP contribution in [-0.4, -0.2) is 40.4 Å². The molecule has 0 amide bonds. The second-order valence-corrected chi connectivity index (χ2v) is 3.17. The minimum Gasteiger partial charge on any atom is -0.468 e. The molecule has 15 heavy (non-hydrogen) atoms. The molecule has 2 unspecified atom stereocenters. The van der Waals surface area contributed by atoms with Gasteiger partial charge in [0.15, 0.2) is 0 Å². The molecule has 6 heteroatoms. The highest BCUT2D eigenvalue weighted by molar-refractivity contribution is 5.76. The molecule has 84 valence electrons. The summed E-state index contributed by atoms with van der Waals surface area (Å²) in [6, 6.07) is -0.526. The molecule has 0 aliphatic rings. The third-order valence-electron chi connectivity index (χ3n) is 2.22. The summed E-state index contributed by atoms with van der Waals surface area (Å²) in [5.41, 5.74) is 0. The van der Waals surface area contributed by atoms with Gasteiger partial charge in [0.05, 0.1) is 13.2 Å². The Labute approximate surface area is 88.6 Å². The number of ether oxygens (including phenoxy) is 1. The van der Waals surface area contributed by atoms with Crippen molar-refractivity contribution in [3.05, 3.63) is 12.7 Å².